The van der Waals surface area contributed by atoms with Crippen molar-refractivity contribution in [1.82, 2.24) is 4.57 Å². The summed E-state index contributed by atoms with van der Waals surface area (Å²) in [5, 5.41) is 3.78. The molecule has 2 aliphatic rings. The van der Waals surface area contributed by atoms with Crippen LogP contribution in [0.3, 0.4) is 0 Å². The Bertz CT molecular complexity index is 1500. The Morgan fingerprint density at radius 3 is 2.32 bits per heavy atom. The summed E-state index contributed by atoms with van der Waals surface area (Å²) in [5.41, 5.74) is 16.0. The minimum atomic E-state index is 0.177. The number of hydrogen-bond donors (Lipinski definition) is 2. The van der Waals surface area contributed by atoms with Crippen LogP contribution in [0, 0.1) is 6.92 Å². The zero-order chi connectivity index (χ0) is 26.5. The van der Waals surface area contributed by atoms with Gasteiger partial charge in [-0.1, -0.05) is 91.1 Å². The Morgan fingerprint density at radius 2 is 1.55 bits per heavy atom. The highest BCUT2D eigenvalue weighted by Gasteiger charge is 2.16. The SMILES string of the molecule is C/C1=C\C=C(/C)c2cc(-c3ccccc3)ccc(N)c(NC3C=CC=CC3)n(c2C)CSc2ccccc21. The molecule has 3 N–H and O–H groups in total. The molecule has 1 atom stereocenters. The number of anilines is 2. The van der Waals surface area contributed by atoms with Gasteiger partial charge in [-0.3, -0.25) is 0 Å². The number of fused-ring (bicyclic) bond motifs is 3. The molecule has 0 radical (unpaired) electrons. The molecule has 0 saturated heterocycles. The highest BCUT2D eigenvalue weighted by atomic mass is 32.2. The molecule has 0 amide bonds. The van der Waals surface area contributed by atoms with Gasteiger partial charge in [0, 0.05) is 16.6 Å². The van der Waals surface area contributed by atoms with Gasteiger partial charge in [-0.25, -0.2) is 0 Å². The fourth-order valence-corrected chi connectivity index (χ4v) is 6.06. The lowest BCUT2D eigenvalue weighted by molar-refractivity contribution is 0.803. The lowest BCUT2D eigenvalue weighted by atomic mass is 10.00. The van der Waals surface area contributed by atoms with E-state index < -0.39 is 0 Å². The van der Waals surface area contributed by atoms with Crippen molar-refractivity contribution in [3.8, 4) is 11.1 Å². The zero-order valence-corrected chi connectivity index (χ0v) is 23.1. The van der Waals surface area contributed by atoms with E-state index in [1.807, 2.05) is 17.8 Å². The number of nitrogen functional groups attached to an aromatic ring is 1. The van der Waals surface area contributed by atoms with Gasteiger partial charge in [-0.05, 0) is 78.8 Å². The molecule has 0 spiro atoms. The van der Waals surface area contributed by atoms with Crippen LogP contribution in [0.1, 0.15) is 37.1 Å². The number of nitrogens with one attached hydrogen (secondary N) is 1. The first-order chi connectivity index (χ1) is 18.5. The molecule has 192 valence electrons. The van der Waals surface area contributed by atoms with E-state index in [1.54, 1.807) is 0 Å². The molecule has 0 fully saturated rings. The predicted octanol–water partition coefficient (Wildman–Crippen LogP) is 9.04. The Kier molecular flexibility index (Phi) is 7.90. The fraction of sp³-hybridized carbons (Fsp3) is 0.176. The number of allylic oxidation sites excluding steroid dienone is 6. The monoisotopic (exact) mass is 517 g/mol. The summed E-state index contributed by atoms with van der Waals surface area (Å²) in [7, 11) is 0. The number of benzene rings is 2. The number of nitrogens with two attached hydrogens (primary N) is 1. The molecular formula is C34H35N3S. The Morgan fingerprint density at radius 1 is 0.816 bits per heavy atom. The number of nitrogens with zero attached hydrogens (tertiary/aromatic N) is 1. The van der Waals surface area contributed by atoms with E-state index in [4.69, 9.17) is 5.73 Å². The second kappa shape index (κ2) is 11.7. The quantitative estimate of drug-likeness (QED) is 0.364. The van der Waals surface area contributed by atoms with Crippen LogP contribution in [0.5, 0.6) is 0 Å². The molecule has 5 rings (SSSR count). The zero-order valence-electron chi connectivity index (χ0n) is 22.3. The van der Waals surface area contributed by atoms with Crippen LogP contribution >= 0.6 is 11.8 Å². The van der Waals surface area contributed by atoms with Crippen LogP contribution in [0.2, 0.25) is 0 Å². The summed E-state index contributed by atoms with van der Waals surface area (Å²) in [4.78, 5) is 1.26. The summed E-state index contributed by atoms with van der Waals surface area (Å²) in [6, 6.07) is 25.8. The molecule has 2 heterocycles. The Hall–Kier alpha value is -3.89. The van der Waals surface area contributed by atoms with Gasteiger partial charge in [0.25, 0.3) is 0 Å². The fourth-order valence-electron chi connectivity index (χ4n) is 4.91. The molecule has 38 heavy (non-hydrogen) atoms. The molecule has 1 aliphatic heterocycles. The third-order valence-corrected chi connectivity index (χ3v) is 8.21. The average Bonchev–Trinajstić information content (AvgIpc) is 2.98. The normalized spacial score (nSPS) is 19.2. The molecule has 3 nitrogen and oxygen atoms in total. The summed E-state index contributed by atoms with van der Waals surface area (Å²) in [5.74, 6) is 1.66. The van der Waals surface area contributed by atoms with E-state index in [-0.39, 0.29) is 6.04 Å². The molecule has 2 bridgehead atoms. The molecule has 4 heteroatoms. The number of hydrogen-bond acceptors (Lipinski definition) is 3. The Balaban J connectivity index is 1.81. The maximum atomic E-state index is 6.88. The van der Waals surface area contributed by atoms with E-state index in [2.05, 4.69) is 134 Å². The summed E-state index contributed by atoms with van der Waals surface area (Å²) >= 11 is 1.84. The van der Waals surface area contributed by atoms with E-state index >= 15 is 0 Å². The largest absolute Gasteiger partial charge is 0.396 e. The first-order valence-corrected chi connectivity index (χ1v) is 14.1. The third kappa shape index (κ3) is 5.66. The van der Waals surface area contributed by atoms with Crippen LogP contribution < -0.4 is 11.1 Å². The molecule has 1 unspecified atom stereocenters. The van der Waals surface area contributed by atoms with Crippen molar-refractivity contribution in [1.29, 1.82) is 0 Å². The molecular weight excluding hydrogens is 482 g/mol. The number of rotatable bonds is 3. The van der Waals surface area contributed by atoms with Crippen molar-refractivity contribution in [3.63, 3.8) is 0 Å². The van der Waals surface area contributed by atoms with Gasteiger partial charge in [0.05, 0.1) is 11.6 Å². The van der Waals surface area contributed by atoms with Crippen LogP contribution in [0.4, 0.5) is 11.5 Å². The predicted molar refractivity (Wildman–Crippen MR) is 167 cm³/mol. The van der Waals surface area contributed by atoms with E-state index in [9.17, 15) is 0 Å². The van der Waals surface area contributed by atoms with E-state index in [0.717, 1.165) is 40.6 Å². The number of aromatic nitrogens is 1. The summed E-state index contributed by atoms with van der Waals surface area (Å²) < 4.78 is 2.35. The summed E-state index contributed by atoms with van der Waals surface area (Å²) in [6.07, 6.45) is 14.0. The van der Waals surface area contributed by atoms with Gasteiger partial charge in [0.2, 0.25) is 0 Å². The van der Waals surface area contributed by atoms with Gasteiger partial charge < -0.3 is 15.6 Å². The standard InChI is InChI=1S/C34H35N3S/c1-24-18-19-25(2)31-22-28(27-12-6-4-7-13-27)20-21-32(35)34(36-29-14-8-5-9-15-29)37(26(31)3)23-38-33-17-11-10-16-30(24)33/h4-14,16-22,29,36H,15,23,35H2,1-3H3/b21-20?,24-18+,25-19+,28-22?,31-26?,34-32?. The minimum absolute atomic E-state index is 0.177. The van der Waals surface area contributed by atoms with E-state index in [0.29, 0.717) is 0 Å². The molecule has 1 aliphatic carbocycles. The lowest BCUT2D eigenvalue weighted by Crippen LogP contribution is -2.22. The van der Waals surface area contributed by atoms with Crippen molar-refractivity contribution in [3.05, 3.63) is 126 Å². The van der Waals surface area contributed by atoms with Crippen LogP contribution in [0.25, 0.3) is 22.3 Å². The van der Waals surface area contributed by atoms with Crippen LogP contribution in [-0.2, 0) is 5.88 Å². The van der Waals surface area contributed by atoms with Crippen molar-refractivity contribution >= 4 is 34.4 Å². The maximum absolute atomic E-state index is 6.88. The van der Waals surface area contributed by atoms with Gasteiger partial charge >= 0.3 is 0 Å². The van der Waals surface area contributed by atoms with Gasteiger partial charge in [-0.15, -0.1) is 11.8 Å². The lowest BCUT2D eigenvalue weighted by Gasteiger charge is -2.24. The van der Waals surface area contributed by atoms with Crippen LogP contribution in [-0.4, -0.2) is 10.6 Å². The van der Waals surface area contributed by atoms with Crippen molar-refractivity contribution in [2.24, 2.45) is 0 Å². The van der Waals surface area contributed by atoms with Gasteiger partial charge in [0.15, 0.2) is 0 Å². The van der Waals surface area contributed by atoms with Gasteiger partial charge in [-0.2, -0.15) is 0 Å². The molecule has 1 aromatic heterocycles. The molecule has 3 aromatic rings. The maximum Gasteiger partial charge on any atom is 0.130 e. The topological polar surface area (TPSA) is 43.0 Å². The van der Waals surface area contributed by atoms with Gasteiger partial charge in [0.1, 0.15) is 5.82 Å². The molecule has 2 aromatic carbocycles. The second-order valence-electron chi connectivity index (χ2n) is 9.80. The smallest absolute Gasteiger partial charge is 0.130 e. The van der Waals surface area contributed by atoms with Crippen molar-refractivity contribution in [2.45, 2.75) is 44.0 Å². The van der Waals surface area contributed by atoms with E-state index in [1.165, 1.54) is 27.2 Å². The first kappa shape index (κ1) is 25.7. The molecule has 0 saturated carbocycles. The van der Waals surface area contributed by atoms with Crippen molar-refractivity contribution < 1.29 is 0 Å². The third-order valence-electron chi connectivity index (χ3n) is 7.16. The van der Waals surface area contributed by atoms with Crippen molar-refractivity contribution in [2.75, 3.05) is 11.1 Å². The average molecular weight is 518 g/mol. The highest BCUT2D eigenvalue weighted by molar-refractivity contribution is 7.98. The number of thioether (sulfide) groups is 1. The minimum Gasteiger partial charge on any atom is -0.396 e. The second-order valence-corrected chi connectivity index (χ2v) is 10.8. The van der Waals surface area contributed by atoms with Crippen LogP contribution in [0.15, 0.2) is 114 Å². The Labute approximate surface area is 230 Å². The highest BCUT2D eigenvalue weighted by Crippen LogP contribution is 2.35. The first-order valence-electron chi connectivity index (χ1n) is 13.1. The summed E-state index contributed by atoms with van der Waals surface area (Å²) in [6.45, 7) is 6.61.